The number of benzene rings is 2. The molecule has 0 fully saturated rings. The van der Waals surface area contributed by atoms with Crippen molar-refractivity contribution in [3.8, 4) is 0 Å². The van der Waals surface area contributed by atoms with Gasteiger partial charge in [0.1, 0.15) is 0 Å². The minimum atomic E-state index is 0.953. The molecule has 0 atom stereocenters. The summed E-state index contributed by atoms with van der Waals surface area (Å²) in [4.78, 5) is 12.2. The monoisotopic (exact) mass is 1430 g/mol. The number of hydrogen-bond acceptors (Lipinski definition) is 2. The fourth-order valence-electron chi connectivity index (χ4n) is 15.0. The van der Waals surface area contributed by atoms with E-state index in [9.17, 15) is 0 Å². The summed E-state index contributed by atoms with van der Waals surface area (Å²) in [5.74, 6) is 0. The average Bonchev–Trinajstić information content (AvgIpc) is 0.798. The highest BCUT2D eigenvalue weighted by molar-refractivity contribution is 6.31. The Labute approximate surface area is 650 Å². The summed E-state index contributed by atoms with van der Waals surface area (Å²) in [5, 5.41) is 0. The van der Waals surface area contributed by atoms with Crippen LogP contribution in [0.2, 0.25) is 0 Å². The molecule has 2 rings (SSSR count). The normalized spacial score (nSPS) is 12.7. The Kier molecular flexibility index (Phi) is 68.3. The van der Waals surface area contributed by atoms with E-state index >= 15 is 0 Å². The number of nitrogens with zero attached hydrogens (tertiary/aromatic N) is 2. The van der Waals surface area contributed by atoms with Gasteiger partial charge >= 0.3 is 0 Å². The van der Waals surface area contributed by atoms with Gasteiger partial charge in [-0.1, -0.05) is 346 Å². The predicted octanol–water partition coefficient (Wildman–Crippen LogP) is 34.6. The first kappa shape index (κ1) is 95.8. The lowest BCUT2D eigenvalue weighted by Gasteiger charge is -2.22. The Balaban J connectivity index is 3.34. The highest BCUT2D eigenvalue weighted by Crippen LogP contribution is 2.37. The zero-order valence-electron chi connectivity index (χ0n) is 70.9. The Bertz CT molecular complexity index is 2580. The summed E-state index contributed by atoms with van der Waals surface area (Å²) in [5.41, 5.74) is 16.2. The van der Waals surface area contributed by atoms with Crippen LogP contribution in [-0.4, -0.2) is 11.9 Å². The predicted molar refractivity (Wildman–Crippen MR) is 476 cm³/mol. The summed E-state index contributed by atoms with van der Waals surface area (Å²) < 4.78 is 0. The van der Waals surface area contributed by atoms with Crippen LogP contribution in [0.15, 0.2) is 119 Å². The molecule has 0 unspecified atom stereocenters. The second kappa shape index (κ2) is 74.2. The van der Waals surface area contributed by atoms with Gasteiger partial charge < -0.3 is 0 Å². The molecule has 0 saturated heterocycles. The van der Waals surface area contributed by atoms with Crippen LogP contribution in [0.5, 0.6) is 0 Å². The molecule has 104 heavy (non-hydrogen) atoms. The summed E-state index contributed by atoms with van der Waals surface area (Å²) in [7, 11) is 0. The maximum atomic E-state index is 6.18. The molecular weight excluding hydrogens is 1250 g/mol. The van der Waals surface area contributed by atoms with Crippen molar-refractivity contribution >= 4 is 23.3 Å². The molecule has 2 aromatic carbocycles. The van der Waals surface area contributed by atoms with E-state index in [2.05, 4.69) is 178 Å². The fourth-order valence-corrected chi connectivity index (χ4v) is 15.0. The lowest BCUT2D eigenvalue weighted by molar-refractivity contribution is 0.616. The molecule has 0 amide bonds. The van der Waals surface area contributed by atoms with E-state index in [-0.39, 0.29) is 0 Å². The molecule has 0 aliphatic heterocycles. The molecule has 0 saturated carbocycles. The van der Waals surface area contributed by atoms with Crippen molar-refractivity contribution in [3.63, 3.8) is 0 Å². The molecule has 0 N–H and O–H groups in total. The minimum absolute atomic E-state index is 0.953. The summed E-state index contributed by atoms with van der Waals surface area (Å²) in [6, 6.07) is 5.26. The first-order valence-corrected chi connectivity index (χ1v) is 46.1. The van der Waals surface area contributed by atoms with Crippen molar-refractivity contribution in [1.82, 2.24) is 0 Å². The number of aliphatic imine (C=N–C) groups is 2. The third-order valence-electron chi connectivity index (χ3n) is 21.5. The van der Waals surface area contributed by atoms with Gasteiger partial charge in [0.25, 0.3) is 0 Å². The van der Waals surface area contributed by atoms with E-state index < -0.39 is 0 Å². The zero-order valence-corrected chi connectivity index (χ0v) is 70.9. The zero-order chi connectivity index (χ0) is 74.7. The Morgan fingerprint density at radius 2 is 0.423 bits per heavy atom. The van der Waals surface area contributed by atoms with Crippen molar-refractivity contribution in [3.05, 3.63) is 154 Å². The molecule has 0 bridgehead atoms. The molecule has 2 nitrogen and oxygen atoms in total. The molecular formula is C102H172N2. The van der Waals surface area contributed by atoms with Crippen LogP contribution >= 0.6 is 0 Å². The van der Waals surface area contributed by atoms with Crippen molar-refractivity contribution in [2.24, 2.45) is 9.98 Å². The third-order valence-corrected chi connectivity index (χ3v) is 21.5. The molecule has 0 radical (unpaired) electrons. The van der Waals surface area contributed by atoms with Gasteiger partial charge in [0.2, 0.25) is 0 Å². The first-order valence-electron chi connectivity index (χ1n) is 46.1. The largest absolute Gasteiger partial charge is 0.255 e. The fraction of sp³-hybridized carbons (Fsp3) is 0.706. The molecule has 0 aliphatic carbocycles. The van der Waals surface area contributed by atoms with E-state index in [4.69, 9.17) is 9.98 Å². The van der Waals surface area contributed by atoms with E-state index in [0.29, 0.717) is 0 Å². The number of allylic oxidation sites excluding steroid dienone is 16. The number of unbranched alkanes of at least 4 members (excludes halogenated alkanes) is 37. The second-order valence-electron chi connectivity index (χ2n) is 31.2. The van der Waals surface area contributed by atoms with Crippen molar-refractivity contribution in [2.75, 3.05) is 0 Å². The summed E-state index contributed by atoms with van der Waals surface area (Å²) in [6.45, 7) is 21.0. The lowest BCUT2D eigenvalue weighted by Crippen LogP contribution is -2.08. The molecule has 0 aromatic heterocycles. The van der Waals surface area contributed by atoms with Crippen molar-refractivity contribution in [2.45, 2.75) is 467 Å². The molecule has 0 aliphatic rings. The second-order valence-corrected chi connectivity index (χ2v) is 31.2. The van der Waals surface area contributed by atoms with Gasteiger partial charge in [-0.25, -0.2) is 0 Å². The highest BCUT2D eigenvalue weighted by Gasteiger charge is 2.20. The van der Waals surface area contributed by atoms with Gasteiger partial charge in [0.05, 0.1) is 17.1 Å². The number of aryl methyl sites for hydroxylation is 2. The molecule has 0 spiro atoms. The maximum absolute atomic E-state index is 6.18. The van der Waals surface area contributed by atoms with Crippen LogP contribution in [0, 0.1) is 0 Å². The smallest absolute Gasteiger partial charge is 0.0671 e. The van der Waals surface area contributed by atoms with Crippen LogP contribution in [0.3, 0.4) is 0 Å². The minimum Gasteiger partial charge on any atom is -0.255 e. The summed E-state index contributed by atoms with van der Waals surface area (Å²) in [6.07, 6.45) is 120. The highest BCUT2D eigenvalue weighted by atomic mass is 14.8. The van der Waals surface area contributed by atoms with Gasteiger partial charge in [-0.05, 0) is 275 Å². The number of rotatable bonds is 74. The molecule has 2 heteroatoms. The van der Waals surface area contributed by atoms with E-state index in [1.807, 2.05) is 0 Å². The van der Waals surface area contributed by atoms with Crippen molar-refractivity contribution in [1.29, 1.82) is 0 Å². The van der Waals surface area contributed by atoms with Crippen LogP contribution < -0.4 is 0 Å². The van der Waals surface area contributed by atoms with Crippen molar-refractivity contribution < 1.29 is 0 Å². The van der Waals surface area contributed by atoms with Gasteiger partial charge in [0, 0.05) is 6.21 Å². The van der Waals surface area contributed by atoms with Gasteiger partial charge in [-0.2, -0.15) is 0 Å². The van der Waals surface area contributed by atoms with Crippen LogP contribution in [-0.2, 0) is 51.4 Å². The molecule has 2 aromatic rings. The molecule has 590 valence electrons. The van der Waals surface area contributed by atoms with E-state index in [0.717, 1.165) is 116 Å². The summed E-state index contributed by atoms with van der Waals surface area (Å²) >= 11 is 0. The van der Waals surface area contributed by atoms with Gasteiger partial charge in [0.15, 0.2) is 0 Å². The standard InChI is InChI=1S/C102H172N2/c1-10-19-28-37-46-54-62-71-80-92-89-101(99(87-78-69-60-52-43-34-25-16-7)97(85-76-67-58-50-41-32-23-14-5)95(92)83-74-65-56-48-39-30-21-12-3)103-91-94(82-73-64-45-36-27-18-9)104-102-90-93(81-72-63-55-47-38-29-20-11-2)96(84-75-66-57-49-40-31-22-13-4)98(86-77-68-59-51-42-33-24-15-6)100(102)88-79-70-61-53-44-35-26-17-8/h54-63,65-70,89-91H,10-53,64,71-88H2,1-9H3/b62-54+,63-55+,65-56+,66-57+,67-58+,68-59+,69-60+,70-61+,103-91?,104-94?. The SMILES string of the molecule is CCCCCC/C=C/CCc1cc(N=CC(CCCCCCCC)=Nc2cc(CC/C=C/CCCCCC)c(CC/C=C/CCCCCC)c(CC/C=C/CCCCCC)c2CC/C=C/CCCCCC)c(CC/C=C/CCCCCC)c(CC/C=C/CCCCCC)c1CC/C=C/CCCCCC. The average molecular weight is 1430 g/mol. The van der Waals surface area contributed by atoms with Gasteiger partial charge in [-0.3, -0.25) is 9.98 Å². The Hall–Kier alpha value is -4.30. The van der Waals surface area contributed by atoms with Crippen LogP contribution in [0.1, 0.15) is 460 Å². The quantitative estimate of drug-likeness (QED) is 0.0358. The number of hydrogen-bond donors (Lipinski definition) is 0. The Morgan fingerprint density at radius 3 is 0.712 bits per heavy atom. The first-order chi connectivity index (χ1) is 51.5. The topological polar surface area (TPSA) is 24.7 Å². The van der Waals surface area contributed by atoms with E-state index in [1.54, 1.807) is 27.8 Å². The lowest BCUT2D eigenvalue weighted by atomic mass is 9.85. The molecule has 0 heterocycles. The van der Waals surface area contributed by atoms with E-state index in [1.165, 1.54) is 323 Å². The van der Waals surface area contributed by atoms with Gasteiger partial charge in [-0.15, -0.1) is 0 Å². The Morgan fingerprint density at radius 1 is 0.212 bits per heavy atom. The third kappa shape index (κ3) is 51.9. The van der Waals surface area contributed by atoms with Crippen LogP contribution in [0.25, 0.3) is 0 Å². The van der Waals surface area contributed by atoms with Crippen LogP contribution in [0.4, 0.5) is 11.4 Å². The maximum Gasteiger partial charge on any atom is 0.0671 e.